The van der Waals surface area contributed by atoms with Crippen LogP contribution in [-0.2, 0) is 9.53 Å². The second-order valence-electron chi connectivity index (χ2n) is 3.60. The van der Waals surface area contributed by atoms with Crippen LogP contribution < -0.4 is 9.47 Å². The summed E-state index contributed by atoms with van der Waals surface area (Å²) in [5.41, 5.74) is -0.226. The SMILES string of the molecule is CCOC(=O)C(C)Oc1ccc(OC)c([N+](=O)[O-])c1. The van der Waals surface area contributed by atoms with Crippen molar-refractivity contribution in [1.82, 2.24) is 0 Å². The first-order chi connectivity index (χ1) is 8.99. The molecular weight excluding hydrogens is 254 g/mol. The van der Waals surface area contributed by atoms with E-state index in [9.17, 15) is 14.9 Å². The molecule has 7 nitrogen and oxygen atoms in total. The van der Waals surface area contributed by atoms with E-state index < -0.39 is 17.0 Å². The molecule has 0 bridgehead atoms. The number of benzene rings is 1. The number of methoxy groups -OCH3 is 1. The molecule has 0 heterocycles. The summed E-state index contributed by atoms with van der Waals surface area (Å²) in [4.78, 5) is 21.6. The normalized spacial score (nSPS) is 11.5. The van der Waals surface area contributed by atoms with E-state index in [0.29, 0.717) is 0 Å². The zero-order valence-corrected chi connectivity index (χ0v) is 10.9. The van der Waals surface area contributed by atoms with Crippen LogP contribution in [0.15, 0.2) is 18.2 Å². The van der Waals surface area contributed by atoms with E-state index >= 15 is 0 Å². The molecule has 0 fully saturated rings. The Bertz CT molecular complexity index is 473. The van der Waals surface area contributed by atoms with Crippen LogP contribution in [0.2, 0.25) is 0 Å². The number of ether oxygens (including phenoxy) is 3. The highest BCUT2D eigenvalue weighted by molar-refractivity contribution is 5.74. The van der Waals surface area contributed by atoms with E-state index in [1.807, 2.05) is 0 Å². The first kappa shape index (κ1) is 14.7. The molecule has 0 aromatic heterocycles. The number of nitro groups is 1. The number of hydrogen-bond donors (Lipinski definition) is 0. The minimum Gasteiger partial charge on any atom is -0.490 e. The topological polar surface area (TPSA) is 87.9 Å². The third kappa shape index (κ3) is 3.84. The monoisotopic (exact) mass is 269 g/mol. The van der Waals surface area contributed by atoms with E-state index in [1.54, 1.807) is 6.92 Å². The van der Waals surface area contributed by atoms with Crippen LogP contribution in [-0.4, -0.2) is 30.7 Å². The molecule has 0 N–H and O–H groups in total. The van der Waals surface area contributed by atoms with Crippen LogP contribution in [0.1, 0.15) is 13.8 Å². The predicted octanol–water partition coefficient (Wildman–Crippen LogP) is 1.93. The molecule has 1 rings (SSSR count). The summed E-state index contributed by atoms with van der Waals surface area (Å²) in [5, 5.41) is 10.8. The Balaban J connectivity index is 2.88. The maximum atomic E-state index is 11.4. The van der Waals surface area contributed by atoms with Crippen molar-refractivity contribution in [3.8, 4) is 11.5 Å². The smallest absolute Gasteiger partial charge is 0.347 e. The van der Waals surface area contributed by atoms with Gasteiger partial charge in [0.25, 0.3) is 0 Å². The van der Waals surface area contributed by atoms with Crippen molar-refractivity contribution >= 4 is 11.7 Å². The van der Waals surface area contributed by atoms with Crippen molar-refractivity contribution < 1.29 is 23.9 Å². The van der Waals surface area contributed by atoms with Gasteiger partial charge in [-0.1, -0.05) is 0 Å². The molecule has 1 aromatic carbocycles. The van der Waals surface area contributed by atoms with Gasteiger partial charge in [0.2, 0.25) is 0 Å². The van der Waals surface area contributed by atoms with Gasteiger partial charge in [0.1, 0.15) is 5.75 Å². The van der Waals surface area contributed by atoms with Crippen molar-refractivity contribution in [3.05, 3.63) is 28.3 Å². The Morgan fingerprint density at radius 2 is 2.16 bits per heavy atom. The second-order valence-corrected chi connectivity index (χ2v) is 3.60. The number of nitrogens with zero attached hydrogens (tertiary/aromatic N) is 1. The van der Waals surface area contributed by atoms with Gasteiger partial charge in [-0.05, 0) is 26.0 Å². The molecule has 0 saturated carbocycles. The van der Waals surface area contributed by atoms with Crippen molar-refractivity contribution in [1.29, 1.82) is 0 Å². The lowest BCUT2D eigenvalue weighted by molar-refractivity contribution is -0.385. The molecule has 0 aliphatic rings. The molecule has 0 amide bonds. The van der Waals surface area contributed by atoms with Gasteiger partial charge in [0, 0.05) is 0 Å². The van der Waals surface area contributed by atoms with Crippen LogP contribution >= 0.6 is 0 Å². The van der Waals surface area contributed by atoms with Gasteiger partial charge in [0.05, 0.1) is 24.7 Å². The fraction of sp³-hybridized carbons (Fsp3) is 0.417. The van der Waals surface area contributed by atoms with E-state index in [1.165, 1.54) is 32.2 Å². The van der Waals surface area contributed by atoms with Crippen molar-refractivity contribution in [2.75, 3.05) is 13.7 Å². The summed E-state index contributed by atoms with van der Waals surface area (Å²) in [6.45, 7) is 3.44. The molecule has 0 radical (unpaired) electrons. The number of rotatable bonds is 6. The third-order valence-corrected chi connectivity index (χ3v) is 2.28. The van der Waals surface area contributed by atoms with Gasteiger partial charge < -0.3 is 14.2 Å². The van der Waals surface area contributed by atoms with Crippen LogP contribution in [0.3, 0.4) is 0 Å². The molecule has 19 heavy (non-hydrogen) atoms. The molecule has 104 valence electrons. The average molecular weight is 269 g/mol. The summed E-state index contributed by atoms with van der Waals surface area (Å²) in [6.07, 6.45) is -0.840. The zero-order valence-electron chi connectivity index (χ0n) is 10.9. The number of hydrogen-bond acceptors (Lipinski definition) is 6. The molecule has 0 spiro atoms. The minimum atomic E-state index is -0.840. The highest BCUT2D eigenvalue weighted by Crippen LogP contribution is 2.31. The van der Waals surface area contributed by atoms with Gasteiger partial charge in [-0.15, -0.1) is 0 Å². The van der Waals surface area contributed by atoms with E-state index in [2.05, 4.69) is 0 Å². The van der Waals surface area contributed by atoms with Gasteiger partial charge in [-0.2, -0.15) is 0 Å². The summed E-state index contributed by atoms with van der Waals surface area (Å²) >= 11 is 0. The number of carbonyl (C=O) groups excluding carboxylic acids is 1. The lowest BCUT2D eigenvalue weighted by Crippen LogP contribution is -2.26. The highest BCUT2D eigenvalue weighted by atomic mass is 16.6. The predicted molar refractivity (Wildman–Crippen MR) is 66.4 cm³/mol. The Morgan fingerprint density at radius 3 is 2.68 bits per heavy atom. The largest absolute Gasteiger partial charge is 0.490 e. The van der Waals surface area contributed by atoms with E-state index in [0.717, 1.165) is 0 Å². The first-order valence-corrected chi connectivity index (χ1v) is 5.65. The Kier molecular flexibility index (Phi) is 5.11. The highest BCUT2D eigenvalue weighted by Gasteiger charge is 2.20. The van der Waals surface area contributed by atoms with Gasteiger partial charge >= 0.3 is 11.7 Å². The van der Waals surface area contributed by atoms with Crippen molar-refractivity contribution in [2.45, 2.75) is 20.0 Å². The summed E-state index contributed by atoms with van der Waals surface area (Å²) in [5.74, 6) is -0.199. The number of carbonyl (C=O) groups is 1. The average Bonchev–Trinajstić information content (AvgIpc) is 2.38. The maximum Gasteiger partial charge on any atom is 0.347 e. The molecule has 0 aliphatic heterocycles. The lowest BCUT2D eigenvalue weighted by Gasteiger charge is -2.13. The minimum absolute atomic E-state index is 0.126. The van der Waals surface area contributed by atoms with Crippen LogP contribution in [0, 0.1) is 10.1 Å². The Morgan fingerprint density at radius 1 is 1.47 bits per heavy atom. The summed E-state index contributed by atoms with van der Waals surface area (Å²) < 4.78 is 14.9. The van der Waals surface area contributed by atoms with Gasteiger partial charge in [-0.25, -0.2) is 4.79 Å². The van der Waals surface area contributed by atoms with Crippen molar-refractivity contribution in [3.63, 3.8) is 0 Å². The molecule has 0 saturated heterocycles. The number of esters is 1. The van der Waals surface area contributed by atoms with Crippen LogP contribution in [0.25, 0.3) is 0 Å². The molecular formula is C12H15NO6. The summed E-state index contributed by atoms with van der Waals surface area (Å²) in [6, 6.07) is 4.10. The van der Waals surface area contributed by atoms with E-state index in [4.69, 9.17) is 14.2 Å². The molecule has 1 unspecified atom stereocenters. The Labute approximate surface area is 110 Å². The fourth-order valence-corrected chi connectivity index (χ4v) is 1.40. The standard InChI is InChI=1S/C12H15NO6/c1-4-18-12(14)8(2)19-9-5-6-11(17-3)10(7-9)13(15)16/h5-8H,4H2,1-3H3. The van der Waals surface area contributed by atoms with Crippen LogP contribution in [0.5, 0.6) is 11.5 Å². The van der Waals surface area contributed by atoms with Gasteiger partial charge in [0.15, 0.2) is 11.9 Å². The van der Waals surface area contributed by atoms with E-state index in [-0.39, 0.29) is 23.8 Å². The molecule has 1 aromatic rings. The lowest BCUT2D eigenvalue weighted by atomic mass is 10.2. The van der Waals surface area contributed by atoms with Gasteiger partial charge in [-0.3, -0.25) is 10.1 Å². The zero-order chi connectivity index (χ0) is 14.4. The molecule has 1 atom stereocenters. The quantitative estimate of drug-likeness (QED) is 0.445. The molecule has 0 aliphatic carbocycles. The molecule has 7 heteroatoms. The number of nitro benzene ring substituents is 1. The summed E-state index contributed by atoms with van der Waals surface area (Å²) in [7, 11) is 1.34. The third-order valence-electron chi connectivity index (χ3n) is 2.28. The van der Waals surface area contributed by atoms with Crippen LogP contribution in [0.4, 0.5) is 5.69 Å². The first-order valence-electron chi connectivity index (χ1n) is 5.65. The maximum absolute atomic E-state index is 11.4. The Hall–Kier alpha value is -2.31. The van der Waals surface area contributed by atoms with Crippen molar-refractivity contribution in [2.24, 2.45) is 0 Å². The second kappa shape index (κ2) is 6.58. The fourth-order valence-electron chi connectivity index (χ4n) is 1.40.